The van der Waals surface area contributed by atoms with Gasteiger partial charge >= 0.3 is 0 Å². The van der Waals surface area contributed by atoms with Crippen LogP contribution in [0.2, 0.25) is 5.15 Å². The summed E-state index contributed by atoms with van der Waals surface area (Å²) in [7, 11) is 4.17. The molecule has 0 saturated carbocycles. The molecule has 0 aromatic carbocycles. The zero-order valence-corrected chi connectivity index (χ0v) is 10.1. The molecule has 78 valence electrons. The van der Waals surface area contributed by atoms with Crippen molar-refractivity contribution in [2.75, 3.05) is 26.4 Å². The molecule has 0 amide bonds. The molecular formula is C10H15ClN2S. The lowest BCUT2D eigenvalue weighted by Gasteiger charge is -2.08. The fraction of sp³-hybridized carbons (Fsp3) is 0.500. The van der Waals surface area contributed by atoms with Crippen LogP contribution < -0.4 is 0 Å². The summed E-state index contributed by atoms with van der Waals surface area (Å²) in [5, 5.41) is 0.579. The number of rotatable bonds is 5. The molecule has 4 heteroatoms. The summed E-state index contributed by atoms with van der Waals surface area (Å²) in [4.78, 5) is 6.13. The van der Waals surface area contributed by atoms with E-state index < -0.39 is 0 Å². The largest absolute Gasteiger partial charge is 0.309 e. The van der Waals surface area contributed by atoms with E-state index in [0.717, 1.165) is 18.1 Å². The van der Waals surface area contributed by atoms with Crippen LogP contribution in [0.5, 0.6) is 0 Å². The molecule has 0 aliphatic carbocycles. The Hall–Kier alpha value is -0.250. The number of aromatic nitrogens is 1. The van der Waals surface area contributed by atoms with Gasteiger partial charge < -0.3 is 4.90 Å². The highest BCUT2D eigenvalue weighted by Gasteiger charge is 1.96. The minimum absolute atomic E-state index is 0.579. The summed E-state index contributed by atoms with van der Waals surface area (Å²) in [5.74, 6) is 2.16. The fourth-order valence-electron chi connectivity index (χ4n) is 0.969. The van der Waals surface area contributed by atoms with Crippen LogP contribution in [0.3, 0.4) is 0 Å². The highest BCUT2D eigenvalue weighted by Crippen LogP contribution is 2.14. The van der Waals surface area contributed by atoms with E-state index in [9.17, 15) is 0 Å². The van der Waals surface area contributed by atoms with Crippen molar-refractivity contribution in [2.24, 2.45) is 0 Å². The van der Waals surface area contributed by atoms with Gasteiger partial charge in [0.1, 0.15) is 5.15 Å². The predicted octanol–water partition coefficient (Wildman–Crippen LogP) is 2.53. The van der Waals surface area contributed by atoms with E-state index in [2.05, 4.69) is 24.0 Å². The number of halogens is 1. The molecule has 14 heavy (non-hydrogen) atoms. The van der Waals surface area contributed by atoms with Gasteiger partial charge in [0.25, 0.3) is 0 Å². The van der Waals surface area contributed by atoms with Crippen LogP contribution in [0.25, 0.3) is 0 Å². The van der Waals surface area contributed by atoms with Crippen molar-refractivity contribution in [3.8, 4) is 0 Å². The molecule has 2 nitrogen and oxygen atoms in total. The monoisotopic (exact) mass is 230 g/mol. The highest BCUT2D eigenvalue weighted by molar-refractivity contribution is 7.98. The Morgan fingerprint density at radius 1 is 1.50 bits per heavy atom. The number of hydrogen-bond donors (Lipinski definition) is 0. The van der Waals surface area contributed by atoms with Crippen molar-refractivity contribution in [3.05, 3.63) is 29.0 Å². The summed E-state index contributed by atoms with van der Waals surface area (Å²) in [6.07, 6.45) is 1.75. The first-order chi connectivity index (χ1) is 6.68. The molecule has 0 aliphatic rings. The number of thioether (sulfide) groups is 1. The molecule has 0 bridgehead atoms. The Morgan fingerprint density at radius 3 is 2.93 bits per heavy atom. The topological polar surface area (TPSA) is 16.1 Å². The highest BCUT2D eigenvalue weighted by atomic mass is 35.5. The lowest BCUT2D eigenvalue weighted by Crippen LogP contribution is -2.14. The first-order valence-corrected chi connectivity index (χ1v) is 6.04. The van der Waals surface area contributed by atoms with E-state index in [-0.39, 0.29) is 0 Å². The van der Waals surface area contributed by atoms with Gasteiger partial charge in [0, 0.05) is 24.2 Å². The Kier molecular flexibility index (Phi) is 5.30. The van der Waals surface area contributed by atoms with E-state index in [1.165, 1.54) is 5.56 Å². The maximum atomic E-state index is 5.78. The van der Waals surface area contributed by atoms with Crippen LogP contribution in [0.15, 0.2) is 18.3 Å². The summed E-state index contributed by atoms with van der Waals surface area (Å²) >= 11 is 7.69. The van der Waals surface area contributed by atoms with Gasteiger partial charge in [0.2, 0.25) is 0 Å². The average molecular weight is 231 g/mol. The van der Waals surface area contributed by atoms with Gasteiger partial charge in [-0.05, 0) is 31.8 Å². The van der Waals surface area contributed by atoms with Crippen molar-refractivity contribution in [2.45, 2.75) is 5.75 Å². The lowest BCUT2D eigenvalue weighted by molar-refractivity contribution is 0.437. The standard InChI is InChI=1S/C10H15ClN2S/c1-13(2)5-6-14-8-9-3-4-12-10(11)7-9/h3-4,7H,5-6,8H2,1-2H3. The molecule has 1 heterocycles. The zero-order valence-electron chi connectivity index (χ0n) is 8.53. The van der Waals surface area contributed by atoms with E-state index in [0.29, 0.717) is 5.15 Å². The quantitative estimate of drug-likeness (QED) is 0.571. The van der Waals surface area contributed by atoms with Gasteiger partial charge in [-0.1, -0.05) is 11.6 Å². The van der Waals surface area contributed by atoms with Crippen molar-refractivity contribution in [1.82, 2.24) is 9.88 Å². The molecule has 1 aromatic heterocycles. The van der Waals surface area contributed by atoms with Gasteiger partial charge in [-0.25, -0.2) is 4.98 Å². The van der Waals surface area contributed by atoms with Crippen LogP contribution >= 0.6 is 23.4 Å². The fourth-order valence-corrected chi connectivity index (χ4v) is 2.22. The van der Waals surface area contributed by atoms with Gasteiger partial charge in [-0.2, -0.15) is 11.8 Å². The molecule has 1 rings (SSSR count). The Labute approximate surface area is 94.7 Å². The number of pyridine rings is 1. The third kappa shape index (κ3) is 4.84. The van der Waals surface area contributed by atoms with Gasteiger partial charge in [0.05, 0.1) is 0 Å². The number of hydrogen-bond acceptors (Lipinski definition) is 3. The maximum absolute atomic E-state index is 5.78. The second-order valence-electron chi connectivity index (χ2n) is 3.34. The number of nitrogens with zero attached hydrogens (tertiary/aromatic N) is 2. The first kappa shape index (κ1) is 11.8. The van der Waals surface area contributed by atoms with E-state index in [4.69, 9.17) is 11.6 Å². The SMILES string of the molecule is CN(C)CCSCc1ccnc(Cl)c1. The van der Waals surface area contributed by atoms with E-state index in [1.807, 2.05) is 23.9 Å². The van der Waals surface area contributed by atoms with Gasteiger partial charge in [0.15, 0.2) is 0 Å². The van der Waals surface area contributed by atoms with Crippen LogP contribution in [0.4, 0.5) is 0 Å². The van der Waals surface area contributed by atoms with Crippen LogP contribution in [0.1, 0.15) is 5.56 Å². The minimum atomic E-state index is 0.579. The van der Waals surface area contributed by atoms with Crippen LogP contribution in [-0.4, -0.2) is 36.3 Å². The lowest BCUT2D eigenvalue weighted by atomic mass is 10.3. The van der Waals surface area contributed by atoms with Crippen LogP contribution in [0, 0.1) is 0 Å². The summed E-state index contributed by atoms with van der Waals surface area (Å²) in [5.41, 5.74) is 1.24. The van der Waals surface area contributed by atoms with Gasteiger partial charge in [-0.3, -0.25) is 0 Å². The average Bonchev–Trinajstić information content (AvgIpc) is 2.12. The summed E-state index contributed by atoms with van der Waals surface area (Å²) in [6, 6.07) is 3.93. The zero-order chi connectivity index (χ0) is 10.4. The Bertz CT molecular complexity index is 279. The first-order valence-electron chi connectivity index (χ1n) is 4.51. The Morgan fingerprint density at radius 2 is 2.29 bits per heavy atom. The molecule has 0 aliphatic heterocycles. The van der Waals surface area contributed by atoms with Crippen LogP contribution in [-0.2, 0) is 5.75 Å². The summed E-state index contributed by atoms with van der Waals surface area (Å²) < 4.78 is 0. The van der Waals surface area contributed by atoms with Crippen molar-refractivity contribution >= 4 is 23.4 Å². The molecule has 1 aromatic rings. The molecule has 0 N–H and O–H groups in total. The molecule has 0 atom stereocenters. The molecule has 0 spiro atoms. The third-order valence-electron chi connectivity index (χ3n) is 1.74. The third-order valence-corrected chi connectivity index (χ3v) is 2.96. The van der Waals surface area contributed by atoms with Crippen molar-refractivity contribution < 1.29 is 0 Å². The van der Waals surface area contributed by atoms with Gasteiger partial charge in [-0.15, -0.1) is 0 Å². The normalized spacial score (nSPS) is 10.9. The minimum Gasteiger partial charge on any atom is -0.309 e. The second-order valence-corrected chi connectivity index (χ2v) is 4.84. The van der Waals surface area contributed by atoms with Crippen molar-refractivity contribution in [3.63, 3.8) is 0 Å². The molecular weight excluding hydrogens is 216 g/mol. The molecule has 0 fully saturated rings. The predicted molar refractivity (Wildman–Crippen MR) is 64.0 cm³/mol. The Balaban J connectivity index is 2.25. The summed E-state index contributed by atoms with van der Waals surface area (Å²) in [6.45, 7) is 1.11. The van der Waals surface area contributed by atoms with E-state index in [1.54, 1.807) is 6.20 Å². The molecule has 0 unspecified atom stereocenters. The van der Waals surface area contributed by atoms with E-state index >= 15 is 0 Å². The second kappa shape index (κ2) is 6.27. The smallest absolute Gasteiger partial charge is 0.129 e. The maximum Gasteiger partial charge on any atom is 0.129 e. The molecule has 0 saturated heterocycles. The van der Waals surface area contributed by atoms with Crippen molar-refractivity contribution in [1.29, 1.82) is 0 Å². The molecule has 0 radical (unpaired) electrons.